The van der Waals surface area contributed by atoms with Crippen LogP contribution in [0.3, 0.4) is 0 Å². The third kappa shape index (κ3) is 4.49. The molecule has 1 fully saturated rings. The van der Waals surface area contributed by atoms with E-state index in [9.17, 15) is 9.59 Å². The van der Waals surface area contributed by atoms with Crippen molar-refractivity contribution >= 4 is 34.9 Å². The summed E-state index contributed by atoms with van der Waals surface area (Å²) in [5.41, 5.74) is 0.720. The number of thioether (sulfide) groups is 1. The highest BCUT2D eigenvalue weighted by molar-refractivity contribution is 8.18. The molecule has 0 unspecified atom stereocenters. The molecule has 1 amide bonds. The van der Waals surface area contributed by atoms with E-state index in [2.05, 4.69) is 5.32 Å². The van der Waals surface area contributed by atoms with Gasteiger partial charge in [0.2, 0.25) is 0 Å². The molecule has 23 heavy (non-hydrogen) atoms. The maximum absolute atomic E-state index is 11.6. The van der Waals surface area contributed by atoms with Gasteiger partial charge in [0, 0.05) is 0 Å². The third-order valence-corrected chi connectivity index (χ3v) is 3.63. The van der Waals surface area contributed by atoms with E-state index in [0.717, 1.165) is 17.3 Å². The van der Waals surface area contributed by atoms with Crippen molar-refractivity contribution in [3.05, 3.63) is 28.7 Å². The molecule has 8 heteroatoms. The van der Waals surface area contributed by atoms with Crippen molar-refractivity contribution in [2.75, 3.05) is 20.3 Å². The van der Waals surface area contributed by atoms with Gasteiger partial charge in [0.05, 0.1) is 18.6 Å². The maximum atomic E-state index is 11.6. The third-order valence-electron chi connectivity index (χ3n) is 2.80. The zero-order chi connectivity index (χ0) is 16.8. The van der Waals surface area contributed by atoms with E-state index >= 15 is 0 Å². The van der Waals surface area contributed by atoms with Crippen LogP contribution < -0.4 is 14.8 Å². The Morgan fingerprint density at radius 2 is 2.17 bits per heavy atom. The van der Waals surface area contributed by atoms with Gasteiger partial charge >= 0.3 is 5.97 Å². The molecule has 7 nitrogen and oxygen atoms in total. The lowest BCUT2D eigenvalue weighted by atomic mass is 10.2. The number of methoxy groups -OCH3 is 1. The summed E-state index contributed by atoms with van der Waals surface area (Å²) in [6.45, 7) is 1.80. The van der Waals surface area contributed by atoms with Crippen LogP contribution in [-0.4, -0.2) is 37.4 Å². The monoisotopic (exact) mass is 336 g/mol. The molecule has 0 bridgehead atoms. The average molecular weight is 336 g/mol. The predicted octanol–water partition coefficient (Wildman–Crippen LogP) is 1.78. The second-order valence-corrected chi connectivity index (χ2v) is 5.45. The van der Waals surface area contributed by atoms with Crippen LogP contribution in [0.5, 0.6) is 11.5 Å². The number of carbonyl (C=O) groups is 2. The van der Waals surface area contributed by atoms with E-state index in [4.69, 9.17) is 19.6 Å². The maximum Gasteiger partial charge on any atom is 0.344 e. The molecule has 0 aliphatic carbocycles. The highest BCUT2D eigenvalue weighted by Gasteiger charge is 2.22. The summed E-state index contributed by atoms with van der Waals surface area (Å²) < 4.78 is 15.4. The van der Waals surface area contributed by atoms with Crippen LogP contribution in [0.2, 0.25) is 0 Å². The molecule has 0 spiro atoms. The van der Waals surface area contributed by atoms with Gasteiger partial charge in [-0.05, 0) is 42.5 Å². The molecule has 2 N–H and O–H groups in total. The lowest BCUT2D eigenvalue weighted by molar-refractivity contribution is -0.145. The van der Waals surface area contributed by atoms with Gasteiger partial charge in [0.1, 0.15) is 0 Å². The zero-order valence-corrected chi connectivity index (χ0v) is 13.5. The van der Waals surface area contributed by atoms with Crippen LogP contribution in [0.1, 0.15) is 12.5 Å². The van der Waals surface area contributed by atoms with Crippen molar-refractivity contribution in [1.82, 2.24) is 5.32 Å². The number of esters is 1. The van der Waals surface area contributed by atoms with E-state index < -0.39 is 5.97 Å². The Bertz CT molecular complexity index is 672. The van der Waals surface area contributed by atoms with E-state index in [1.165, 1.54) is 7.11 Å². The van der Waals surface area contributed by atoms with Crippen LogP contribution in [-0.2, 0) is 14.3 Å². The van der Waals surface area contributed by atoms with Gasteiger partial charge in [0.15, 0.2) is 23.3 Å². The van der Waals surface area contributed by atoms with Crippen molar-refractivity contribution in [2.24, 2.45) is 0 Å². The summed E-state index contributed by atoms with van der Waals surface area (Å²) in [7, 11) is 1.48. The molecule has 0 aromatic heterocycles. The van der Waals surface area contributed by atoms with Crippen molar-refractivity contribution in [2.45, 2.75) is 6.92 Å². The summed E-state index contributed by atoms with van der Waals surface area (Å²) in [6.07, 6.45) is 1.65. The second-order valence-electron chi connectivity index (χ2n) is 4.40. The molecule has 1 heterocycles. The fourth-order valence-electron chi connectivity index (χ4n) is 1.83. The minimum Gasteiger partial charge on any atom is -0.493 e. The number of amides is 1. The van der Waals surface area contributed by atoms with Crippen LogP contribution in [0, 0.1) is 5.41 Å². The molecule has 0 saturated carbocycles. The van der Waals surface area contributed by atoms with Crippen molar-refractivity contribution in [3.63, 3.8) is 0 Å². The molecule has 2 rings (SSSR count). The summed E-state index contributed by atoms with van der Waals surface area (Å²) >= 11 is 1.06. The highest BCUT2D eigenvalue weighted by atomic mass is 32.2. The topological polar surface area (TPSA) is 97.7 Å². The zero-order valence-electron chi connectivity index (χ0n) is 12.7. The number of nitrogens with one attached hydrogen (secondary N) is 2. The highest BCUT2D eigenvalue weighted by Crippen LogP contribution is 2.31. The van der Waals surface area contributed by atoms with Gasteiger partial charge in [-0.25, -0.2) is 4.79 Å². The largest absolute Gasteiger partial charge is 0.493 e. The fraction of sp³-hybridized carbons (Fsp3) is 0.267. The number of benzene rings is 1. The van der Waals surface area contributed by atoms with Crippen molar-refractivity contribution < 1.29 is 23.8 Å². The summed E-state index contributed by atoms with van der Waals surface area (Å²) in [6, 6.07) is 5.06. The van der Waals surface area contributed by atoms with E-state index in [1.54, 1.807) is 31.2 Å². The molecular formula is C15H16N2O5S. The number of carbonyl (C=O) groups excluding carboxylic acids is 2. The smallest absolute Gasteiger partial charge is 0.344 e. The second kappa shape index (κ2) is 7.68. The number of hydrogen-bond donors (Lipinski definition) is 2. The van der Waals surface area contributed by atoms with Crippen molar-refractivity contribution in [3.8, 4) is 11.5 Å². The molecule has 0 atom stereocenters. The Labute approximate surface area is 137 Å². The molecule has 1 aromatic carbocycles. The Morgan fingerprint density at radius 3 is 2.78 bits per heavy atom. The van der Waals surface area contributed by atoms with Gasteiger partial charge < -0.3 is 19.5 Å². The summed E-state index contributed by atoms with van der Waals surface area (Å²) in [5.74, 6) is 0.0704. The van der Waals surface area contributed by atoms with Gasteiger partial charge in [-0.15, -0.1) is 0 Å². The first-order valence-corrected chi connectivity index (χ1v) is 7.61. The van der Waals surface area contributed by atoms with E-state index in [1.807, 2.05) is 0 Å². The standard InChI is InChI=1S/C15H16N2O5S/c1-3-21-13(18)8-22-10-5-4-9(6-11(10)20-2)7-12-14(19)17-15(16)23-12/h4-7H,3,8H2,1-2H3,(H2,16,17,19)/b12-7+. The Balaban J connectivity index is 2.13. The minimum absolute atomic E-state index is 0.0996. The van der Waals surface area contributed by atoms with Crippen LogP contribution in [0.4, 0.5) is 0 Å². The Hall–Kier alpha value is -2.48. The van der Waals surface area contributed by atoms with Crippen LogP contribution >= 0.6 is 11.8 Å². The Kier molecular flexibility index (Phi) is 5.64. The molecule has 0 radical (unpaired) electrons. The molecule has 1 aliphatic rings. The van der Waals surface area contributed by atoms with Gasteiger partial charge in [0.25, 0.3) is 5.91 Å². The first kappa shape index (κ1) is 16.9. The summed E-state index contributed by atoms with van der Waals surface area (Å²) in [5, 5.41) is 9.92. The molecule has 1 saturated heterocycles. The predicted molar refractivity (Wildman–Crippen MR) is 86.6 cm³/mol. The minimum atomic E-state index is -0.460. The van der Waals surface area contributed by atoms with Crippen LogP contribution in [0.25, 0.3) is 6.08 Å². The first-order valence-electron chi connectivity index (χ1n) is 6.79. The number of hydrogen-bond acceptors (Lipinski definition) is 7. The first-order chi connectivity index (χ1) is 11.0. The summed E-state index contributed by atoms with van der Waals surface area (Å²) in [4.78, 5) is 23.3. The van der Waals surface area contributed by atoms with Gasteiger partial charge in [-0.2, -0.15) is 0 Å². The van der Waals surface area contributed by atoms with E-state index in [-0.39, 0.29) is 17.7 Å². The average Bonchev–Trinajstić information content (AvgIpc) is 2.83. The lowest BCUT2D eigenvalue weighted by Crippen LogP contribution is -2.18. The van der Waals surface area contributed by atoms with E-state index in [0.29, 0.717) is 23.0 Å². The van der Waals surface area contributed by atoms with Crippen LogP contribution in [0.15, 0.2) is 23.1 Å². The molecule has 122 valence electrons. The van der Waals surface area contributed by atoms with Gasteiger partial charge in [-0.1, -0.05) is 6.07 Å². The van der Waals surface area contributed by atoms with Gasteiger partial charge in [-0.3, -0.25) is 10.2 Å². The normalized spacial score (nSPS) is 15.5. The number of amidine groups is 1. The lowest BCUT2D eigenvalue weighted by Gasteiger charge is -2.11. The Morgan fingerprint density at radius 1 is 1.39 bits per heavy atom. The molecule has 1 aliphatic heterocycles. The molecular weight excluding hydrogens is 320 g/mol. The SMILES string of the molecule is CCOC(=O)COc1ccc(/C=C2/SC(=N)NC2=O)cc1OC. The quantitative estimate of drug-likeness (QED) is 0.607. The number of ether oxygens (including phenoxy) is 3. The molecule has 1 aromatic rings. The van der Waals surface area contributed by atoms with Crippen molar-refractivity contribution in [1.29, 1.82) is 5.41 Å². The fourth-order valence-corrected chi connectivity index (χ4v) is 2.53. The number of rotatable bonds is 6.